The van der Waals surface area contributed by atoms with Crippen LogP contribution in [0.1, 0.15) is 0 Å². The van der Waals surface area contributed by atoms with Crippen LogP contribution in [0.15, 0.2) is 0 Å². The molecular weight excluding hydrogens is 150 g/mol. The molecule has 6 heteroatoms. The summed E-state index contributed by atoms with van der Waals surface area (Å²) in [5.74, 6) is -1.02. The van der Waals surface area contributed by atoms with Crippen LogP contribution in [0.2, 0.25) is 0 Å². The summed E-state index contributed by atoms with van der Waals surface area (Å²) in [7, 11) is 0. The van der Waals surface area contributed by atoms with Crippen LogP contribution in [0.5, 0.6) is 0 Å². The van der Waals surface area contributed by atoms with Crippen LogP contribution >= 0.6 is 0 Å². The standard InChI is InChI=1S/C5H9N3O3/c6-3-2-11-8(5(3)10)1-4(7)9/h3H,1-2,6H2,(H2,7,9)/t3-/m0/s1. The molecule has 1 saturated heterocycles. The maximum atomic E-state index is 10.9. The number of rotatable bonds is 2. The van der Waals surface area contributed by atoms with Crippen molar-refractivity contribution >= 4 is 11.8 Å². The first kappa shape index (κ1) is 7.96. The predicted molar refractivity (Wildman–Crippen MR) is 34.8 cm³/mol. The Hall–Kier alpha value is -1.14. The molecule has 1 atom stereocenters. The van der Waals surface area contributed by atoms with Crippen LogP contribution in [0.3, 0.4) is 0 Å². The molecule has 1 aliphatic heterocycles. The number of hydroxylamine groups is 2. The molecule has 1 heterocycles. The summed E-state index contributed by atoms with van der Waals surface area (Å²) >= 11 is 0. The minimum absolute atomic E-state index is 0.117. The molecule has 11 heavy (non-hydrogen) atoms. The third-order valence-electron chi connectivity index (χ3n) is 1.27. The van der Waals surface area contributed by atoms with Gasteiger partial charge in [-0.05, 0) is 0 Å². The fraction of sp³-hybridized carbons (Fsp3) is 0.600. The Morgan fingerprint density at radius 3 is 2.82 bits per heavy atom. The zero-order valence-electron chi connectivity index (χ0n) is 5.82. The average molecular weight is 159 g/mol. The van der Waals surface area contributed by atoms with Crippen molar-refractivity contribution in [2.24, 2.45) is 11.5 Å². The van der Waals surface area contributed by atoms with E-state index in [0.717, 1.165) is 5.06 Å². The van der Waals surface area contributed by atoms with Gasteiger partial charge in [0.25, 0.3) is 5.91 Å². The molecule has 1 rings (SSSR count). The van der Waals surface area contributed by atoms with Crippen molar-refractivity contribution in [3.63, 3.8) is 0 Å². The highest BCUT2D eigenvalue weighted by Crippen LogP contribution is 2.03. The minimum atomic E-state index is -0.658. The van der Waals surface area contributed by atoms with Gasteiger partial charge in [-0.15, -0.1) is 0 Å². The quantitative estimate of drug-likeness (QED) is 0.468. The Balaban J connectivity index is 2.49. The molecule has 6 nitrogen and oxygen atoms in total. The number of hydrogen-bond donors (Lipinski definition) is 2. The first-order chi connectivity index (χ1) is 5.11. The number of nitrogens with zero attached hydrogens (tertiary/aromatic N) is 1. The van der Waals surface area contributed by atoms with Gasteiger partial charge in [-0.2, -0.15) is 0 Å². The highest BCUT2D eigenvalue weighted by Gasteiger charge is 2.30. The van der Waals surface area contributed by atoms with Crippen molar-refractivity contribution in [2.45, 2.75) is 6.04 Å². The third kappa shape index (κ3) is 1.66. The van der Waals surface area contributed by atoms with Crippen LogP contribution in [-0.4, -0.2) is 36.1 Å². The van der Waals surface area contributed by atoms with E-state index in [0.29, 0.717) is 0 Å². The van der Waals surface area contributed by atoms with Crippen LogP contribution in [-0.2, 0) is 14.4 Å². The van der Waals surface area contributed by atoms with E-state index in [9.17, 15) is 9.59 Å². The molecule has 0 aliphatic carbocycles. The molecule has 1 fully saturated rings. The molecule has 0 saturated carbocycles. The van der Waals surface area contributed by atoms with Crippen molar-refractivity contribution in [3.05, 3.63) is 0 Å². The van der Waals surface area contributed by atoms with E-state index in [4.69, 9.17) is 16.3 Å². The molecule has 1 aliphatic rings. The van der Waals surface area contributed by atoms with E-state index in [-0.39, 0.29) is 13.2 Å². The molecule has 0 bridgehead atoms. The first-order valence-electron chi connectivity index (χ1n) is 3.09. The lowest BCUT2D eigenvalue weighted by Crippen LogP contribution is -2.38. The summed E-state index contributed by atoms with van der Waals surface area (Å²) in [4.78, 5) is 26.0. The summed E-state index contributed by atoms with van der Waals surface area (Å²) in [5.41, 5.74) is 10.1. The second kappa shape index (κ2) is 2.85. The Morgan fingerprint density at radius 1 is 1.82 bits per heavy atom. The Morgan fingerprint density at radius 2 is 2.45 bits per heavy atom. The number of amides is 2. The molecular formula is C5H9N3O3. The van der Waals surface area contributed by atoms with E-state index in [1.54, 1.807) is 0 Å². The largest absolute Gasteiger partial charge is 0.368 e. The van der Waals surface area contributed by atoms with Crippen molar-refractivity contribution in [1.82, 2.24) is 5.06 Å². The van der Waals surface area contributed by atoms with E-state index < -0.39 is 17.9 Å². The molecule has 0 spiro atoms. The van der Waals surface area contributed by atoms with Gasteiger partial charge in [-0.1, -0.05) is 0 Å². The summed E-state index contributed by atoms with van der Waals surface area (Å²) in [6, 6.07) is -0.658. The van der Waals surface area contributed by atoms with Gasteiger partial charge in [0.1, 0.15) is 12.6 Å². The van der Waals surface area contributed by atoms with Gasteiger partial charge in [-0.3, -0.25) is 14.4 Å². The number of carbonyl (C=O) groups excluding carboxylic acids is 2. The second-order valence-electron chi connectivity index (χ2n) is 2.24. The molecule has 2 amide bonds. The SMILES string of the molecule is NC(=O)CN1OC[C@H](N)C1=O. The fourth-order valence-corrected chi connectivity index (χ4v) is 0.755. The number of carbonyl (C=O) groups is 2. The first-order valence-corrected chi connectivity index (χ1v) is 3.09. The smallest absolute Gasteiger partial charge is 0.265 e. The summed E-state index contributed by atoms with van der Waals surface area (Å²) < 4.78 is 0. The molecule has 0 aromatic heterocycles. The fourth-order valence-electron chi connectivity index (χ4n) is 0.755. The van der Waals surface area contributed by atoms with Gasteiger partial charge >= 0.3 is 0 Å². The van der Waals surface area contributed by atoms with Crippen molar-refractivity contribution in [1.29, 1.82) is 0 Å². The highest BCUT2D eigenvalue weighted by molar-refractivity contribution is 5.86. The van der Waals surface area contributed by atoms with Gasteiger partial charge in [0.15, 0.2) is 0 Å². The summed E-state index contributed by atoms with van der Waals surface area (Å²) in [6.07, 6.45) is 0. The highest BCUT2D eigenvalue weighted by atomic mass is 16.7. The van der Waals surface area contributed by atoms with Gasteiger partial charge in [0.05, 0.1) is 6.61 Å². The lowest BCUT2D eigenvalue weighted by atomic mass is 10.3. The maximum Gasteiger partial charge on any atom is 0.265 e. The van der Waals surface area contributed by atoms with Crippen molar-refractivity contribution < 1.29 is 14.4 Å². The molecule has 4 N–H and O–H groups in total. The lowest BCUT2D eigenvalue weighted by Gasteiger charge is -2.10. The topological polar surface area (TPSA) is 98.7 Å². The molecule has 0 unspecified atom stereocenters. The summed E-state index contributed by atoms with van der Waals surface area (Å²) in [6.45, 7) is -0.112. The van der Waals surface area contributed by atoms with Crippen LogP contribution < -0.4 is 11.5 Å². The van der Waals surface area contributed by atoms with Gasteiger partial charge < -0.3 is 11.5 Å². The normalized spacial score (nSPS) is 24.3. The maximum absolute atomic E-state index is 10.9. The lowest BCUT2D eigenvalue weighted by molar-refractivity contribution is -0.165. The minimum Gasteiger partial charge on any atom is -0.368 e. The predicted octanol–water partition coefficient (Wildman–Crippen LogP) is -2.43. The van der Waals surface area contributed by atoms with Crippen LogP contribution in [0.25, 0.3) is 0 Å². The monoisotopic (exact) mass is 159 g/mol. The molecule has 62 valence electrons. The number of hydrogen-bond acceptors (Lipinski definition) is 4. The Labute approximate surface area is 63.0 Å². The van der Waals surface area contributed by atoms with E-state index in [1.165, 1.54) is 0 Å². The Bertz CT molecular complexity index is 193. The third-order valence-corrected chi connectivity index (χ3v) is 1.27. The van der Waals surface area contributed by atoms with Crippen molar-refractivity contribution in [2.75, 3.05) is 13.2 Å². The van der Waals surface area contributed by atoms with Gasteiger partial charge in [0, 0.05) is 0 Å². The number of nitrogens with two attached hydrogens (primary N) is 2. The second-order valence-corrected chi connectivity index (χ2v) is 2.24. The molecule has 0 aromatic carbocycles. The van der Waals surface area contributed by atoms with Gasteiger partial charge in [0.2, 0.25) is 5.91 Å². The molecule has 0 radical (unpaired) electrons. The van der Waals surface area contributed by atoms with E-state index in [2.05, 4.69) is 0 Å². The molecule has 0 aromatic rings. The van der Waals surface area contributed by atoms with Gasteiger partial charge in [-0.25, -0.2) is 5.06 Å². The van der Waals surface area contributed by atoms with E-state index in [1.807, 2.05) is 0 Å². The number of primary amides is 1. The zero-order valence-corrected chi connectivity index (χ0v) is 5.82. The van der Waals surface area contributed by atoms with Crippen LogP contribution in [0, 0.1) is 0 Å². The zero-order chi connectivity index (χ0) is 8.43. The summed E-state index contributed by atoms with van der Waals surface area (Å²) in [5, 5.41) is 0.882. The van der Waals surface area contributed by atoms with Crippen LogP contribution in [0.4, 0.5) is 0 Å². The van der Waals surface area contributed by atoms with E-state index >= 15 is 0 Å². The average Bonchev–Trinajstić information content (AvgIpc) is 2.18. The van der Waals surface area contributed by atoms with Crippen molar-refractivity contribution in [3.8, 4) is 0 Å². The Kier molecular flexibility index (Phi) is 2.06.